The largest absolute Gasteiger partial charge is 0.486 e. The van der Waals surface area contributed by atoms with Crippen LogP contribution in [0.15, 0.2) is 18.2 Å². The molecule has 0 atom stereocenters. The normalized spacial score (nSPS) is 17.1. The number of ether oxygens (including phenoxy) is 2. The Labute approximate surface area is 112 Å². The summed E-state index contributed by atoms with van der Waals surface area (Å²) in [6.45, 7) is 2.08. The lowest BCUT2D eigenvalue weighted by atomic mass is 10.1. The predicted octanol–water partition coefficient (Wildman–Crippen LogP) is 1.02. The van der Waals surface area contributed by atoms with Crippen molar-refractivity contribution in [3.63, 3.8) is 0 Å². The summed E-state index contributed by atoms with van der Waals surface area (Å²) in [5.41, 5.74) is 6.18. The second-order valence-electron chi connectivity index (χ2n) is 4.85. The van der Waals surface area contributed by atoms with Crippen LogP contribution in [0.3, 0.4) is 0 Å². The van der Waals surface area contributed by atoms with Gasteiger partial charge in [-0.1, -0.05) is 6.07 Å². The summed E-state index contributed by atoms with van der Waals surface area (Å²) in [5, 5.41) is 0. The minimum absolute atomic E-state index is 0.00435. The van der Waals surface area contributed by atoms with Crippen LogP contribution in [0.5, 0.6) is 11.5 Å². The SMILES string of the molecule is NCCN(C(=O)c1cccc2c1OCCO2)C1CC1. The molecule has 1 aliphatic carbocycles. The first-order chi connectivity index (χ1) is 9.31. The predicted molar refractivity (Wildman–Crippen MR) is 70.5 cm³/mol. The Kier molecular flexibility index (Phi) is 3.29. The molecule has 0 saturated heterocycles. The van der Waals surface area contributed by atoms with Crippen molar-refractivity contribution in [1.29, 1.82) is 0 Å². The fraction of sp³-hybridized carbons (Fsp3) is 0.500. The van der Waals surface area contributed by atoms with Gasteiger partial charge in [-0.3, -0.25) is 4.79 Å². The average molecular weight is 262 g/mol. The Hall–Kier alpha value is -1.75. The summed E-state index contributed by atoms with van der Waals surface area (Å²) in [7, 11) is 0. The van der Waals surface area contributed by atoms with E-state index >= 15 is 0 Å². The zero-order valence-electron chi connectivity index (χ0n) is 10.8. The number of carbonyl (C=O) groups excluding carboxylic acids is 1. The van der Waals surface area contributed by atoms with Crippen LogP contribution in [0.4, 0.5) is 0 Å². The highest BCUT2D eigenvalue weighted by Gasteiger charge is 2.34. The molecule has 1 saturated carbocycles. The minimum Gasteiger partial charge on any atom is -0.486 e. The third-order valence-electron chi connectivity index (χ3n) is 3.42. The van der Waals surface area contributed by atoms with Gasteiger partial charge in [0, 0.05) is 19.1 Å². The second-order valence-corrected chi connectivity index (χ2v) is 4.85. The summed E-state index contributed by atoms with van der Waals surface area (Å²) >= 11 is 0. The first-order valence-corrected chi connectivity index (χ1v) is 6.71. The molecule has 5 heteroatoms. The van der Waals surface area contributed by atoms with Gasteiger partial charge in [-0.05, 0) is 25.0 Å². The van der Waals surface area contributed by atoms with E-state index in [1.807, 2.05) is 17.0 Å². The molecule has 1 aromatic carbocycles. The third kappa shape index (κ3) is 2.38. The fourth-order valence-electron chi connectivity index (χ4n) is 2.37. The van der Waals surface area contributed by atoms with Gasteiger partial charge < -0.3 is 20.1 Å². The molecule has 2 aliphatic rings. The number of carbonyl (C=O) groups is 1. The standard InChI is InChI=1S/C14H18N2O3/c15-6-7-16(10-4-5-10)14(17)11-2-1-3-12-13(11)19-9-8-18-12/h1-3,10H,4-9,15H2. The van der Waals surface area contributed by atoms with Gasteiger partial charge in [0.2, 0.25) is 0 Å². The van der Waals surface area contributed by atoms with E-state index in [0.717, 1.165) is 12.8 Å². The van der Waals surface area contributed by atoms with E-state index in [0.29, 0.717) is 49.4 Å². The quantitative estimate of drug-likeness (QED) is 0.880. The molecule has 2 N–H and O–H groups in total. The molecular weight excluding hydrogens is 244 g/mol. The molecule has 0 radical (unpaired) electrons. The topological polar surface area (TPSA) is 64.8 Å². The molecule has 0 spiro atoms. The fourth-order valence-corrected chi connectivity index (χ4v) is 2.37. The zero-order chi connectivity index (χ0) is 13.2. The highest BCUT2D eigenvalue weighted by molar-refractivity contribution is 5.98. The molecule has 19 heavy (non-hydrogen) atoms. The van der Waals surface area contributed by atoms with Crippen LogP contribution in [0.25, 0.3) is 0 Å². The van der Waals surface area contributed by atoms with E-state index in [-0.39, 0.29) is 5.91 Å². The lowest BCUT2D eigenvalue weighted by molar-refractivity contribution is 0.0737. The van der Waals surface area contributed by atoms with Crippen molar-refractivity contribution in [3.05, 3.63) is 23.8 Å². The van der Waals surface area contributed by atoms with E-state index in [1.54, 1.807) is 6.07 Å². The number of nitrogens with two attached hydrogens (primary N) is 1. The lowest BCUT2D eigenvalue weighted by Crippen LogP contribution is -2.37. The Balaban J connectivity index is 1.90. The van der Waals surface area contributed by atoms with E-state index in [1.165, 1.54) is 0 Å². The van der Waals surface area contributed by atoms with Crippen molar-refractivity contribution in [2.75, 3.05) is 26.3 Å². The average Bonchev–Trinajstić information content (AvgIpc) is 3.28. The van der Waals surface area contributed by atoms with Crippen LogP contribution in [-0.2, 0) is 0 Å². The van der Waals surface area contributed by atoms with Gasteiger partial charge in [0.15, 0.2) is 11.5 Å². The Morgan fingerprint density at radius 3 is 2.84 bits per heavy atom. The van der Waals surface area contributed by atoms with Gasteiger partial charge in [-0.15, -0.1) is 0 Å². The molecule has 0 unspecified atom stereocenters. The van der Waals surface area contributed by atoms with E-state index in [9.17, 15) is 4.79 Å². The number of hydrogen-bond donors (Lipinski definition) is 1. The number of rotatable bonds is 4. The second kappa shape index (κ2) is 5.09. The molecule has 5 nitrogen and oxygen atoms in total. The Morgan fingerprint density at radius 1 is 1.32 bits per heavy atom. The van der Waals surface area contributed by atoms with E-state index in [4.69, 9.17) is 15.2 Å². The highest BCUT2D eigenvalue weighted by Crippen LogP contribution is 2.36. The molecule has 1 fully saturated rings. The summed E-state index contributed by atoms with van der Waals surface area (Å²) in [4.78, 5) is 14.5. The van der Waals surface area contributed by atoms with Gasteiger partial charge in [0.1, 0.15) is 13.2 Å². The van der Waals surface area contributed by atoms with Gasteiger partial charge in [-0.2, -0.15) is 0 Å². The summed E-state index contributed by atoms with van der Waals surface area (Å²) in [5.74, 6) is 1.22. The Bertz CT molecular complexity index is 486. The van der Waals surface area contributed by atoms with Gasteiger partial charge in [-0.25, -0.2) is 0 Å². The van der Waals surface area contributed by atoms with Crippen molar-refractivity contribution in [3.8, 4) is 11.5 Å². The molecular formula is C14H18N2O3. The van der Waals surface area contributed by atoms with Crippen molar-refractivity contribution in [2.45, 2.75) is 18.9 Å². The maximum Gasteiger partial charge on any atom is 0.258 e. The highest BCUT2D eigenvalue weighted by atomic mass is 16.6. The molecule has 3 rings (SSSR count). The number of hydrogen-bond acceptors (Lipinski definition) is 4. The van der Waals surface area contributed by atoms with Crippen LogP contribution in [-0.4, -0.2) is 43.2 Å². The summed E-state index contributed by atoms with van der Waals surface area (Å²) < 4.78 is 11.1. The first kappa shape index (κ1) is 12.3. The van der Waals surface area contributed by atoms with Crippen molar-refractivity contribution in [2.24, 2.45) is 5.73 Å². The first-order valence-electron chi connectivity index (χ1n) is 6.71. The van der Waals surface area contributed by atoms with Gasteiger partial charge in [0.25, 0.3) is 5.91 Å². The van der Waals surface area contributed by atoms with Gasteiger partial charge in [0.05, 0.1) is 5.56 Å². The molecule has 1 aromatic rings. The van der Waals surface area contributed by atoms with Crippen LogP contribution < -0.4 is 15.2 Å². The molecule has 0 bridgehead atoms. The lowest BCUT2D eigenvalue weighted by Gasteiger charge is -2.25. The number of amides is 1. The van der Waals surface area contributed by atoms with E-state index in [2.05, 4.69) is 0 Å². The number of benzene rings is 1. The Morgan fingerprint density at radius 2 is 2.11 bits per heavy atom. The third-order valence-corrected chi connectivity index (χ3v) is 3.42. The van der Waals surface area contributed by atoms with Gasteiger partial charge >= 0.3 is 0 Å². The number of fused-ring (bicyclic) bond motifs is 1. The van der Waals surface area contributed by atoms with Crippen molar-refractivity contribution in [1.82, 2.24) is 4.90 Å². The molecule has 102 valence electrons. The van der Waals surface area contributed by atoms with Crippen LogP contribution in [0.2, 0.25) is 0 Å². The van der Waals surface area contributed by atoms with E-state index < -0.39 is 0 Å². The van der Waals surface area contributed by atoms with Crippen molar-refractivity contribution < 1.29 is 14.3 Å². The van der Waals surface area contributed by atoms with Crippen molar-refractivity contribution >= 4 is 5.91 Å². The van der Waals surface area contributed by atoms with Crippen LogP contribution >= 0.6 is 0 Å². The maximum absolute atomic E-state index is 12.6. The minimum atomic E-state index is -0.00435. The monoisotopic (exact) mass is 262 g/mol. The number of para-hydroxylation sites is 1. The molecule has 1 aliphatic heterocycles. The maximum atomic E-state index is 12.6. The molecule has 1 heterocycles. The molecule has 1 amide bonds. The number of nitrogens with zero attached hydrogens (tertiary/aromatic N) is 1. The van der Waals surface area contributed by atoms with Crippen LogP contribution in [0, 0.1) is 0 Å². The summed E-state index contributed by atoms with van der Waals surface area (Å²) in [6, 6.07) is 5.79. The molecule has 0 aromatic heterocycles. The van der Waals surface area contributed by atoms with Crippen LogP contribution in [0.1, 0.15) is 23.2 Å². The summed E-state index contributed by atoms with van der Waals surface area (Å²) in [6.07, 6.45) is 2.14. The smallest absolute Gasteiger partial charge is 0.258 e. The zero-order valence-corrected chi connectivity index (χ0v) is 10.8.